The van der Waals surface area contributed by atoms with Crippen LogP contribution in [0.3, 0.4) is 0 Å². The van der Waals surface area contributed by atoms with E-state index in [1.807, 2.05) is 23.6 Å². The van der Waals surface area contributed by atoms with Crippen LogP contribution in [0, 0.1) is 23.2 Å². The van der Waals surface area contributed by atoms with E-state index in [0.717, 1.165) is 4.88 Å². The highest BCUT2D eigenvalue weighted by Gasteiger charge is 2.30. The summed E-state index contributed by atoms with van der Waals surface area (Å²) in [5.41, 5.74) is 0. The summed E-state index contributed by atoms with van der Waals surface area (Å²) in [4.78, 5) is 25.0. The number of rotatable bonds is 6. The van der Waals surface area contributed by atoms with Crippen molar-refractivity contribution in [1.29, 1.82) is 5.26 Å². The van der Waals surface area contributed by atoms with Crippen molar-refractivity contribution in [1.82, 2.24) is 5.32 Å². The molecule has 19 heavy (non-hydrogen) atoms. The summed E-state index contributed by atoms with van der Waals surface area (Å²) in [6.07, 6.45) is 0.573. The zero-order valence-electron chi connectivity index (χ0n) is 11.3. The van der Waals surface area contributed by atoms with Gasteiger partial charge in [-0.3, -0.25) is 9.59 Å². The van der Waals surface area contributed by atoms with Gasteiger partial charge in [-0.15, -0.1) is 11.3 Å². The zero-order chi connectivity index (χ0) is 14.4. The lowest BCUT2D eigenvalue weighted by Crippen LogP contribution is -2.40. The summed E-state index contributed by atoms with van der Waals surface area (Å²) < 4.78 is 0. The molecular formula is C14H18N2O2S. The Bertz CT molecular complexity index is 474. The van der Waals surface area contributed by atoms with Gasteiger partial charge >= 0.3 is 0 Å². The molecule has 5 heteroatoms. The van der Waals surface area contributed by atoms with E-state index < -0.39 is 11.8 Å². The summed E-state index contributed by atoms with van der Waals surface area (Å²) in [6, 6.07) is 5.60. The Morgan fingerprint density at radius 1 is 1.42 bits per heavy atom. The maximum atomic E-state index is 12.1. The molecule has 0 fully saturated rings. The van der Waals surface area contributed by atoms with Crippen LogP contribution in [-0.4, -0.2) is 17.7 Å². The first-order valence-corrected chi connectivity index (χ1v) is 7.09. The highest BCUT2D eigenvalue weighted by molar-refractivity contribution is 7.09. The number of ketones is 1. The third-order valence-electron chi connectivity index (χ3n) is 2.68. The number of carbonyl (C=O) groups is 2. The number of nitriles is 1. The van der Waals surface area contributed by atoms with Gasteiger partial charge in [0.2, 0.25) is 5.91 Å². The van der Waals surface area contributed by atoms with Gasteiger partial charge in [0, 0.05) is 16.8 Å². The molecule has 2 atom stereocenters. The number of hydrogen-bond donors (Lipinski definition) is 1. The van der Waals surface area contributed by atoms with E-state index in [9.17, 15) is 9.59 Å². The van der Waals surface area contributed by atoms with Crippen molar-refractivity contribution in [2.24, 2.45) is 11.8 Å². The van der Waals surface area contributed by atoms with Gasteiger partial charge in [-0.2, -0.15) is 5.26 Å². The molecule has 1 heterocycles. The number of hydrogen-bond acceptors (Lipinski definition) is 4. The van der Waals surface area contributed by atoms with Crippen LogP contribution in [0.5, 0.6) is 0 Å². The lowest BCUT2D eigenvalue weighted by Gasteiger charge is -2.15. The minimum Gasteiger partial charge on any atom is -0.352 e. The molecule has 4 nitrogen and oxygen atoms in total. The Kier molecular flexibility index (Phi) is 5.71. The first-order chi connectivity index (χ1) is 8.95. The highest BCUT2D eigenvalue weighted by Crippen LogP contribution is 2.17. The smallest absolute Gasteiger partial charge is 0.245 e. The lowest BCUT2D eigenvalue weighted by molar-refractivity contribution is -0.133. The second-order valence-corrected chi connectivity index (χ2v) is 5.84. The van der Waals surface area contributed by atoms with Crippen LogP contribution in [0.4, 0.5) is 0 Å². The fourth-order valence-corrected chi connectivity index (χ4v) is 2.57. The maximum Gasteiger partial charge on any atom is 0.245 e. The molecule has 1 aromatic rings. The van der Waals surface area contributed by atoms with Crippen LogP contribution in [0.2, 0.25) is 0 Å². The van der Waals surface area contributed by atoms with Gasteiger partial charge in [0.25, 0.3) is 0 Å². The monoisotopic (exact) mass is 278 g/mol. The summed E-state index contributed by atoms with van der Waals surface area (Å²) in [5, 5.41) is 13.6. The third-order valence-corrected chi connectivity index (χ3v) is 3.58. The minimum atomic E-state index is -1.21. The Morgan fingerprint density at radius 3 is 2.58 bits per heavy atom. The summed E-state index contributed by atoms with van der Waals surface area (Å²) in [7, 11) is 0. The Morgan fingerprint density at radius 2 is 2.11 bits per heavy atom. The van der Waals surface area contributed by atoms with Crippen molar-refractivity contribution in [2.75, 3.05) is 0 Å². The molecule has 0 bridgehead atoms. The molecule has 0 aliphatic carbocycles. The van der Waals surface area contributed by atoms with Crippen LogP contribution >= 0.6 is 11.3 Å². The first-order valence-electron chi connectivity index (χ1n) is 6.21. The van der Waals surface area contributed by atoms with E-state index in [4.69, 9.17) is 5.26 Å². The number of nitrogens with one attached hydrogen (secondary N) is 1. The predicted octanol–water partition coefficient (Wildman–Crippen LogP) is 2.16. The van der Waals surface area contributed by atoms with E-state index in [-0.39, 0.29) is 17.7 Å². The van der Waals surface area contributed by atoms with E-state index in [0.29, 0.717) is 6.42 Å². The number of thiophene rings is 1. The van der Waals surface area contributed by atoms with E-state index in [1.165, 1.54) is 0 Å². The standard InChI is InChI=1S/C14H18N2O2S/c1-9(2)16-14(18)12(8-15)13(17)10(3)7-11-5-4-6-19-11/h4-6,9-10,12H,7H2,1-3H3,(H,16,18)/t10-,12-/m0/s1. The molecule has 1 N–H and O–H groups in total. The Hall–Kier alpha value is -1.67. The van der Waals surface area contributed by atoms with Gasteiger partial charge in [0.15, 0.2) is 11.7 Å². The fourth-order valence-electron chi connectivity index (χ4n) is 1.73. The lowest BCUT2D eigenvalue weighted by atomic mass is 9.91. The van der Waals surface area contributed by atoms with Gasteiger partial charge in [-0.25, -0.2) is 0 Å². The molecule has 0 aromatic carbocycles. The van der Waals surface area contributed by atoms with E-state index >= 15 is 0 Å². The Balaban J connectivity index is 2.68. The summed E-state index contributed by atoms with van der Waals surface area (Å²) in [5.74, 6) is -2.35. The quantitative estimate of drug-likeness (QED) is 0.811. The average molecular weight is 278 g/mol. The molecular weight excluding hydrogens is 260 g/mol. The SMILES string of the molecule is CC(C)NC(=O)[C@@H](C#N)C(=O)[C@@H](C)Cc1cccs1. The minimum absolute atomic E-state index is 0.0799. The topological polar surface area (TPSA) is 70.0 Å². The molecule has 1 aromatic heterocycles. The number of amides is 1. The van der Waals surface area contributed by atoms with Crippen LogP contribution < -0.4 is 5.32 Å². The van der Waals surface area contributed by atoms with Gasteiger partial charge in [0.1, 0.15) is 0 Å². The highest BCUT2D eigenvalue weighted by atomic mass is 32.1. The predicted molar refractivity (Wildman–Crippen MR) is 74.6 cm³/mol. The van der Waals surface area contributed by atoms with Crippen molar-refractivity contribution >= 4 is 23.0 Å². The maximum absolute atomic E-state index is 12.1. The van der Waals surface area contributed by atoms with Crippen LogP contribution in [0.25, 0.3) is 0 Å². The van der Waals surface area contributed by atoms with Crippen molar-refractivity contribution in [3.05, 3.63) is 22.4 Å². The summed E-state index contributed by atoms with van der Waals surface area (Å²) >= 11 is 1.57. The van der Waals surface area contributed by atoms with Gasteiger partial charge < -0.3 is 5.32 Å². The van der Waals surface area contributed by atoms with Crippen molar-refractivity contribution in [3.63, 3.8) is 0 Å². The molecule has 0 aliphatic heterocycles. The molecule has 0 saturated carbocycles. The molecule has 102 valence electrons. The van der Waals surface area contributed by atoms with Crippen LogP contribution in [-0.2, 0) is 16.0 Å². The average Bonchev–Trinajstić information content (AvgIpc) is 2.81. The normalized spacial score (nSPS) is 13.6. The molecule has 1 amide bonds. The molecule has 0 unspecified atom stereocenters. The number of carbonyl (C=O) groups excluding carboxylic acids is 2. The fraction of sp³-hybridized carbons (Fsp3) is 0.500. The number of Topliss-reactive ketones (excluding diaryl/α,β-unsaturated/α-hetero) is 1. The van der Waals surface area contributed by atoms with Crippen molar-refractivity contribution in [3.8, 4) is 6.07 Å². The van der Waals surface area contributed by atoms with Crippen molar-refractivity contribution < 1.29 is 9.59 Å². The Labute approximate surface area is 117 Å². The largest absolute Gasteiger partial charge is 0.352 e. The summed E-state index contributed by atoms with van der Waals surface area (Å²) in [6.45, 7) is 5.35. The van der Waals surface area contributed by atoms with Crippen LogP contribution in [0.15, 0.2) is 17.5 Å². The second kappa shape index (κ2) is 7.05. The van der Waals surface area contributed by atoms with Crippen molar-refractivity contribution in [2.45, 2.75) is 33.2 Å². The molecule has 0 saturated heterocycles. The molecule has 0 radical (unpaired) electrons. The van der Waals surface area contributed by atoms with Gasteiger partial charge in [-0.1, -0.05) is 13.0 Å². The molecule has 0 aliphatic rings. The van der Waals surface area contributed by atoms with Gasteiger partial charge in [0.05, 0.1) is 6.07 Å². The van der Waals surface area contributed by atoms with Crippen LogP contribution in [0.1, 0.15) is 25.6 Å². The molecule has 1 rings (SSSR count). The van der Waals surface area contributed by atoms with E-state index in [1.54, 1.807) is 32.1 Å². The first kappa shape index (κ1) is 15.4. The number of nitrogens with zero attached hydrogens (tertiary/aromatic N) is 1. The van der Waals surface area contributed by atoms with Gasteiger partial charge in [-0.05, 0) is 31.7 Å². The zero-order valence-corrected chi connectivity index (χ0v) is 12.2. The second-order valence-electron chi connectivity index (χ2n) is 4.81. The molecule has 0 spiro atoms. The van der Waals surface area contributed by atoms with E-state index in [2.05, 4.69) is 5.32 Å². The third kappa shape index (κ3) is 4.49.